The monoisotopic (exact) mass is 304 g/mol. The van der Waals surface area contributed by atoms with Crippen LogP contribution in [0, 0.1) is 23.5 Å². The Morgan fingerprint density at radius 3 is 2.85 bits per heavy atom. The van der Waals surface area contributed by atoms with Gasteiger partial charge in [0.2, 0.25) is 10.0 Å². The van der Waals surface area contributed by atoms with Crippen LogP contribution in [0.3, 0.4) is 0 Å². The highest BCUT2D eigenvalue weighted by molar-refractivity contribution is 7.89. The van der Waals surface area contributed by atoms with Crippen LogP contribution in [0.5, 0.6) is 0 Å². The van der Waals surface area contributed by atoms with Crippen LogP contribution in [0.1, 0.15) is 13.3 Å². The molecule has 0 aromatic heterocycles. The van der Waals surface area contributed by atoms with Crippen LogP contribution >= 0.6 is 0 Å². The lowest BCUT2D eigenvalue weighted by Gasteiger charge is -2.29. The average Bonchev–Trinajstić information content (AvgIpc) is 2.40. The Balaban J connectivity index is 2.09. The number of halogens is 2. The maximum absolute atomic E-state index is 13.5. The van der Waals surface area contributed by atoms with Crippen LogP contribution < -0.4 is 10.0 Å². The Morgan fingerprint density at radius 2 is 2.15 bits per heavy atom. The quantitative estimate of drug-likeness (QED) is 0.886. The zero-order valence-electron chi connectivity index (χ0n) is 11.2. The number of hydrogen-bond donors (Lipinski definition) is 2. The summed E-state index contributed by atoms with van der Waals surface area (Å²) in [6.45, 7) is 3.95. The first-order valence-corrected chi connectivity index (χ1v) is 8.04. The summed E-state index contributed by atoms with van der Waals surface area (Å²) in [5.74, 6) is -1.19. The minimum Gasteiger partial charge on any atom is -0.316 e. The maximum Gasteiger partial charge on any atom is 0.243 e. The fourth-order valence-corrected chi connectivity index (χ4v) is 3.53. The van der Waals surface area contributed by atoms with Gasteiger partial charge in [0.15, 0.2) is 0 Å². The third-order valence-electron chi connectivity index (χ3n) is 3.68. The van der Waals surface area contributed by atoms with E-state index in [2.05, 4.69) is 10.0 Å². The number of rotatable bonds is 4. The third-order valence-corrected chi connectivity index (χ3v) is 5.12. The highest BCUT2D eigenvalue weighted by atomic mass is 32.2. The SMILES string of the molecule is CC1CNCCC1CNS(=O)(=O)c1cc(F)ccc1F. The average molecular weight is 304 g/mol. The smallest absolute Gasteiger partial charge is 0.243 e. The van der Waals surface area contributed by atoms with Crippen molar-refractivity contribution in [2.24, 2.45) is 11.8 Å². The molecule has 0 spiro atoms. The van der Waals surface area contributed by atoms with Crippen molar-refractivity contribution in [2.75, 3.05) is 19.6 Å². The molecule has 20 heavy (non-hydrogen) atoms. The summed E-state index contributed by atoms with van der Waals surface area (Å²) >= 11 is 0. The summed E-state index contributed by atoms with van der Waals surface area (Å²) in [7, 11) is -4.02. The van der Waals surface area contributed by atoms with Gasteiger partial charge in [0.05, 0.1) is 0 Å². The van der Waals surface area contributed by atoms with Gasteiger partial charge in [0.25, 0.3) is 0 Å². The molecule has 2 rings (SSSR count). The second kappa shape index (κ2) is 6.15. The predicted molar refractivity (Wildman–Crippen MR) is 71.7 cm³/mol. The van der Waals surface area contributed by atoms with Gasteiger partial charge >= 0.3 is 0 Å². The highest BCUT2D eigenvalue weighted by Gasteiger charge is 2.25. The van der Waals surface area contributed by atoms with Crippen molar-refractivity contribution >= 4 is 10.0 Å². The fourth-order valence-electron chi connectivity index (χ4n) is 2.35. The van der Waals surface area contributed by atoms with E-state index in [0.29, 0.717) is 12.0 Å². The Morgan fingerprint density at radius 1 is 1.40 bits per heavy atom. The molecule has 1 saturated heterocycles. The standard InChI is InChI=1S/C13H18F2N2O2S/c1-9-7-16-5-4-10(9)8-17-20(18,19)13-6-11(14)2-3-12(13)15/h2-3,6,9-10,16-17H,4-5,7-8H2,1H3. The molecule has 4 nitrogen and oxygen atoms in total. The summed E-state index contributed by atoms with van der Waals surface area (Å²) in [4.78, 5) is -0.640. The van der Waals surface area contributed by atoms with Crippen molar-refractivity contribution in [3.05, 3.63) is 29.8 Å². The molecule has 0 aliphatic carbocycles. The van der Waals surface area contributed by atoms with E-state index < -0.39 is 26.6 Å². The van der Waals surface area contributed by atoms with Gasteiger partial charge in [-0.25, -0.2) is 21.9 Å². The van der Waals surface area contributed by atoms with Crippen molar-refractivity contribution in [3.63, 3.8) is 0 Å². The van der Waals surface area contributed by atoms with E-state index in [-0.39, 0.29) is 12.5 Å². The molecule has 112 valence electrons. The lowest BCUT2D eigenvalue weighted by molar-refractivity contribution is 0.274. The van der Waals surface area contributed by atoms with E-state index in [1.54, 1.807) is 0 Å². The van der Waals surface area contributed by atoms with Gasteiger partial charge in [-0.15, -0.1) is 0 Å². The molecule has 2 unspecified atom stereocenters. The van der Waals surface area contributed by atoms with Gasteiger partial charge in [0.1, 0.15) is 16.5 Å². The molecule has 1 aromatic rings. The zero-order chi connectivity index (χ0) is 14.8. The Hall–Kier alpha value is -1.05. The molecule has 1 aliphatic rings. The number of piperidine rings is 1. The van der Waals surface area contributed by atoms with Crippen LogP contribution in [-0.2, 0) is 10.0 Å². The topological polar surface area (TPSA) is 58.2 Å². The number of sulfonamides is 1. The molecule has 1 aromatic carbocycles. The molecular weight excluding hydrogens is 286 g/mol. The number of nitrogens with one attached hydrogen (secondary N) is 2. The lowest BCUT2D eigenvalue weighted by Crippen LogP contribution is -2.41. The molecule has 2 atom stereocenters. The molecule has 7 heteroatoms. The third kappa shape index (κ3) is 3.53. The first kappa shape index (κ1) is 15.3. The minimum atomic E-state index is -4.02. The maximum atomic E-state index is 13.5. The summed E-state index contributed by atoms with van der Waals surface area (Å²) < 4.78 is 53.0. The molecular formula is C13H18F2N2O2S. The van der Waals surface area contributed by atoms with Crippen LogP contribution in [0.15, 0.2) is 23.1 Å². The first-order valence-electron chi connectivity index (χ1n) is 6.55. The van der Waals surface area contributed by atoms with Gasteiger partial charge < -0.3 is 5.32 Å². The van der Waals surface area contributed by atoms with Crippen molar-refractivity contribution in [2.45, 2.75) is 18.2 Å². The van der Waals surface area contributed by atoms with Gasteiger partial charge in [-0.3, -0.25) is 0 Å². The summed E-state index contributed by atoms with van der Waals surface area (Å²) in [5.41, 5.74) is 0. The summed E-state index contributed by atoms with van der Waals surface area (Å²) in [5, 5.41) is 3.22. The van der Waals surface area contributed by atoms with Crippen LogP contribution in [0.25, 0.3) is 0 Å². The molecule has 0 radical (unpaired) electrons. The fraction of sp³-hybridized carbons (Fsp3) is 0.538. The zero-order valence-corrected chi connectivity index (χ0v) is 12.0. The molecule has 1 fully saturated rings. The number of hydrogen-bond acceptors (Lipinski definition) is 3. The molecule has 1 aliphatic heterocycles. The van der Waals surface area contributed by atoms with E-state index in [9.17, 15) is 17.2 Å². The van der Waals surface area contributed by atoms with E-state index in [4.69, 9.17) is 0 Å². The largest absolute Gasteiger partial charge is 0.316 e. The van der Waals surface area contributed by atoms with Crippen molar-refractivity contribution < 1.29 is 17.2 Å². The van der Waals surface area contributed by atoms with Crippen molar-refractivity contribution in [3.8, 4) is 0 Å². The van der Waals surface area contributed by atoms with E-state index >= 15 is 0 Å². The summed E-state index contributed by atoms with van der Waals surface area (Å²) in [6, 6.07) is 2.41. The molecule has 0 saturated carbocycles. The van der Waals surface area contributed by atoms with Gasteiger partial charge in [-0.2, -0.15) is 0 Å². The van der Waals surface area contributed by atoms with Crippen LogP contribution in [0.2, 0.25) is 0 Å². The summed E-state index contributed by atoms with van der Waals surface area (Å²) in [6.07, 6.45) is 0.856. The first-order chi connectivity index (χ1) is 9.40. The van der Waals surface area contributed by atoms with Gasteiger partial charge in [0, 0.05) is 6.54 Å². The predicted octanol–water partition coefficient (Wildman–Crippen LogP) is 1.49. The van der Waals surface area contributed by atoms with Gasteiger partial charge in [-0.05, 0) is 49.5 Å². The van der Waals surface area contributed by atoms with Gasteiger partial charge in [-0.1, -0.05) is 6.92 Å². The van der Waals surface area contributed by atoms with Crippen LogP contribution in [-0.4, -0.2) is 28.1 Å². The minimum absolute atomic E-state index is 0.197. The van der Waals surface area contributed by atoms with Crippen molar-refractivity contribution in [1.29, 1.82) is 0 Å². The highest BCUT2D eigenvalue weighted by Crippen LogP contribution is 2.20. The Labute approximate surface area is 117 Å². The molecule has 1 heterocycles. The van der Waals surface area contributed by atoms with Crippen molar-refractivity contribution in [1.82, 2.24) is 10.0 Å². The second-order valence-electron chi connectivity index (χ2n) is 5.16. The Bertz CT molecular complexity index is 578. The normalized spacial score (nSPS) is 23.8. The molecule has 0 amide bonds. The number of benzene rings is 1. The van der Waals surface area contributed by atoms with E-state index in [0.717, 1.165) is 31.6 Å². The van der Waals surface area contributed by atoms with Crippen LogP contribution in [0.4, 0.5) is 8.78 Å². The molecule has 2 N–H and O–H groups in total. The molecule has 0 bridgehead atoms. The Kier molecular flexibility index (Phi) is 4.72. The van der Waals surface area contributed by atoms with E-state index in [1.807, 2.05) is 6.92 Å². The second-order valence-corrected chi connectivity index (χ2v) is 6.89. The van der Waals surface area contributed by atoms with E-state index in [1.165, 1.54) is 0 Å². The lowest BCUT2D eigenvalue weighted by atomic mass is 9.88.